The molecule has 30 heavy (non-hydrogen) atoms. The molecule has 0 aliphatic heterocycles. The molecule has 0 saturated heterocycles. The molecule has 0 spiro atoms. The van der Waals surface area contributed by atoms with E-state index in [1.54, 1.807) is 6.07 Å². The van der Waals surface area contributed by atoms with Crippen LogP contribution in [-0.4, -0.2) is 25.6 Å². The topological polar surface area (TPSA) is 88.4 Å². The van der Waals surface area contributed by atoms with Crippen molar-refractivity contribution in [1.29, 1.82) is 5.26 Å². The Morgan fingerprint density at radius 2 is 1.87 bits per heavy atom. The number of methoxy groups -OCH3 is 1. The molecule has 8 heteroatoms. The lowest BCUT2D eigenvalue weighted by Gasteiger charge is -2.14. The zero-order chi connectivity index (χ0) is 22.3. The van der Waals surface area contributed by atoms with Crippen molar-refractivity contribution < 1.29 is 19.1 Å². The fourth-order valence-electron chi connectivity index (χ4n) is 2.40. The van der Waals surface area contributed by atoms with E-state index in [-0.39, 0.29) is 16.5 Å². The molecule has 2 aromatic carbocycles. The minimum absolute atomic E-state index is 0.167. The van der Waals surface area contributed by atoms with Crippen molar-refractivity contribution in [3.63, 3.8) is 0 Å². The fourth-order valence-corrected chi connectivity index (χ4v) is 2.96. The normalized spacial score (nSPS) is 11.0. The average Bonchev–Trinajstić information content (AvgIpc) is 2.70. The van der Waals surface area contributed by atoms with Gasteiger partial charge in [-0.15, -0.1) is 0 Å². The SMILES string of the molecule is COC(=O)c1ccc(NC(=O)/C(C#N)=C/c2cc(Cl)cc(Cl)c2OCC(C)C)cc1. The van der Waals surface area contributed by atoms with Crippen LogP contribution in [0.25, 0.3) is 6.08 Å². The fraction of sp³-hybridized carbons (Fsp3) is 0.227. The van der Waals surface area contributed by atoms with E-state index in [2.05, 4.69) is 10.1 Å². The number of nitriles is 1. The van der Waals surface area contributed by atoms with E-state index in [4.69, 9.17) is 27.9 Å². The molecular formula is C22H20Cl2N2O4. The Balaban J connectivity index is 2.29. The highest BCUT2D eigenvalue weighted by Crippen LogP contribution is 2.34. The number of halogens is 2. The highest BCUT2D eigenvalue weighted by molar-refractivity contribution is 6.36. The smallest absolute Gasteiger partial charge is 0.337 e. The molecule has 0 radical (unpaired) electrons. The van der Waals surface area contributed by atoms with E-state index in [1.165, 1.54) is 43.5 Å². The molecule has 0 heterocycles. The number of benzene rings is 2. The quantitative estimate of drug-likeness (QED) is 0.351. The van der Waals surface area contributed by atoms with Crippen LogP contribution in [-0.2, 0) is 9.53 Å². The molecule has 1 N–H and O–H groups in total. The van der Waals surface area contributed by atoms with Gasteiger partial charge < -0.3 is 14.8 Å². The van der Waals surface area contributed by atoms with Crippen molar-refractivity contribution >= 4 is 46.8 Å². The largest absolute Gasteiger partial charge is 0.491 e. The summed E-state index contributed by atoms with van der Waals surface area (Å²) in [6.45, 7) is 4.38. The van der Waals surface area contributed by atoms with Crippen molar-refractivity contribution in [3.8, 4) is 11.8 Å². The Hall–Kier alpha value is -3.01. The number of hydrogen-bond donors (Lipinski definition) is 1. The van der Waals surface area contributed by atoms with Gasteiger partial charge in [0.1, 0.15) is 17.4 Å². The van der Waals surface area contributed by atoms with Crippen LogP contribution < -0.4 is 10.1 Å². The first kappa shape index (κ1) is 23.3. The van der Waals surface area contributed by atoms with Crippen molar-refractivity contribution in [2.45, 2.75) is 13.8 Å². The zero-order valence-corrected chi connectivity index (χ0v) is 18.2. The third-order valence-electron chi connectivity index (χ3n) is 3.83. The van der Waals surface area contributed by atoms with Gasteiger partial charge in [0.15, 0.2) is 0 Å². The van der Waals surface area contributed by atoms with Crippen molar-refractivity contribution in [2.75, 3.05) is 19.0 Å². The second-order valence-corrected chi connectivity index (χ2v) is 7.55. The van der Waals surface area contributed by atoms with E-state index < -0.39 is 11.9 Å². The van der Waals surface area contributed by atoms with E-state index in [0.29, 0.717) is 34.2 Å². The van der Waals surface area contributed by atoms with Crippen LogP contribution >= 0.6 is 23.2 Å². The van der Waals surface area contributed by atoms with Gasteiger partial charge in [-0.05, 0) is 48.4 Å². The van der Waals surface area contributed by atoms with E-state index in [0.717, 1.165) is 0 Å². The molecule has 0 aromatic heterocycles. The van der Waals surface area contributed by atoms with E-state index in [9.17, 15) is 14.9 Å². The predicted molar refractivity (Wildman–Crippen MR) is 117 cm³/mol. The van der Waals surface area contributed by atoms with Crippen LogP contribution in [0.4, 0.5) is 5.69 Å². The van der Waals surface area contributed by atoms with Gasteiger partial charge in [-0.25, -0.2) is 4.79 Å². The number of anilines is 1. The van der Waals surface area contributed by atoms with Crippen LogP contribution in [0.3, 0.4) is 0 Å². The number of rotatable bonds is 7. The lowest BCUT2D eigenvalue weighted by atomic mass is 10.1. The summed E-state index contributed by atoms with van der Waals surface area (Å²) in [5.74, 6) is -0.524. The molecule has 0 unspecified atom stereocenters. The molecule has 0 aliphatic rings. The molecule has 156 valence electrons. The highest BCUT2D eigenvalue weighted by Gasteiger charge is 2.15. The maximum Gasteiger partial charge on any atom is 0.337 e. The van der Waals surface area contributed by atoms with Gasteiger partial charge in [0, 0.05) is 16.3 Å². The van der Waals surface area contributed by atoms with Crippen LogP contribution in [0.5, 0.6) is 5.75 Å². The summed E-state index contributed by atoms with van der Waals surface area (Å²) >= 11 is 12.3. The second-order valence-electron chi connectivity index (χ2n) is 6.70. The molecule has 2 rings (SSSR count). The van der Waals surface area contributed by atoms with Gasteiger partial charge in [-0.3, -0.25) is 4.79 Å². The van der Waals surface area contributed by atoms with Gasteiger partial charge in [0.25, 0.3) is 5.91 Å². The minimum Gasteiger partial charge on any atom is -0.491 e. The van der Waals surface area contributed by atoms with Gasteiger partial charge in [0.05, 0.1) is 24.3 Å². The first-order valence-corrected chi connectivity index (χ1v) is 9.74. The summed E-state index contributed by atoms with van der Waals surface area (Å²) in [5, 5.41) is 12.7. The Labute approximate surface area is 185 Å². The second kappa shape index (κ2) is 10.7. The molecular weight excluding hydrogens is 427 g/mol. The Kier molecular flexibility index (Phi) is 8.28. The maximum absolute atomic E-state index is 12.6. The zero-order valence-electron chi connectivity index (χ0n) is 16.7. The predicted octanol–water partition coefficient (Wildman–Crippen LogP) is 5.36. The number of nitrogens with one attached hydrogen (secondary N) is 1. The molecule has 0 fully saturated rings. The van der Waals surface area contributed by atoms with Gasteiger partial charge in [-0.2, -0.15) is 5.26 Å². The lowest BCUT2D eigenvalue weighted by Crippen LogP contribution is -2.14. The van der Waals surface area contributed by atoms with Crippen LogP contribution in [0.1, 0.15) is 29.8 Å². The number of carbonyl (C=O) groups is 2. The van der Waals surface area contributed by atoms with Crippen molar-refractivity contribution in [3.05, 3.63) is 63.1 Å². The summed E-state index contributed by atoms with van der Waals surface area (Å²) in [6, 6.07) is 11.1. The molecule has 6 nitrogen and oxygen atoms in total. The molecule has 0 bridgehead atoms. The Morgan fingerprint density at radius 1 is 1.20 bits per heavy atom. The molecule has 1 amide bonds. The number of hydrogen-bond acceptors (Lipinski definition) is 5. The molecule has 0 saturated carbocycles. The van der Waals surface area contributed by atoms with Crippen molar-refractivity contribution in [2.24, 2.45) is 5.92 Å². The van der Waals surface area contributed by atoms with E-state index >= 15 is 0 Å². The summed E-state index contributed by atoms with van der Waals surface area (Å²) in [6.07, 6.45) is 1.37. The maximum atomic E-state index is 12.6. The summed E-state index contributed by atoms with van der Waals surface area (Å²) in [7, 11) is 1.28. The Bertz CT molecular complexity index is 1010. The van der Waals surface area contributed by atoms with Gasteiger partial charge >= 0.3 is 5.97 Å². The summed E-state index contributed by atoms with van der Waals surface area (Å²) in [5.41, 5.74) is 1.00. The third-order valence-corrected chi connectivity index (χ3v) is 4.33. The number of nitrogens with zero attached hydrogens (tertiary/aromatic N) is 1. The summed E-state index contributed by atoms with van der Waals surface area (Å²) in [4.78, 5) is 24.1. The summed E-state index contributed by atoms with van der Waals surface area (Å²) < 4.78 is 10.4. The van der Waals surface area contributed by atoms with Gasteiger partial charge in [0.2, 0.25) is 0 Å². The lowest BCUT2D eigenvalue weighted by molar-refractivity contribution is -0.112. The average molecular weight is 447 g/mol. The monoisotopic (exact) mass is 446 g/mol. The van der Waals surface area contributed by atoms with Crippen LogP contribution in [0.2, 0.25) is 10.0 Å². The van der Waals surface area contributed by atoms with E-state index in [1.807, 2.05) is 19.9 Å². The highest BCUT2D eigenvalue weighted by atomic mass is 35.5. The molecule has 2 aromatic rings. The van der Waals surface area contributed by atoms with Crippen LogP contribution in [0.15, 0.2) is 42.0 Å². The first-order valence-electron chi connectivity index (χ1n) is 8.98. The molecule has 0 aliphatic carbocycles. The minimum atomic E-state index is -0.630. The Morgan fingerprint density at radius 3 is 2.43 bits per heavy atom. The molecule has 0 atom stereocenters. The van der Waals surface area contributed by atoms with Crippen molar-refractivity contribution in [1.82, 2.24) is 0 Å². The first-order chi connectivity index (χ1) is 14.2. The standard InChI is InChI=1S/C22H20Cl2N2O4/c1-13(2)12-30-20-15(9-17(23)10-19(20)24)8-16(11-25)21(27)26-18-6-4-14(5-7-18)22(28)29-3/h4-10,13H,12H2,1-3H3,(H,26,27)/b16-8+. The number of ether oxygens (including phenoxy) is 2. The van der Waals surface area contributed by atoms with Gasteiger partial charge in [-0.1, -0.05) is 37.0 Å². The number of carbonyl (C=O) groups excluding carboxylic acids is 2. The number of amides is 1. The third kappa shape index (κ3) is 6.24. The van der Waals surface area contributed by atoms with Crippen LogP contribution in [0, 0.1) is 17.2 Å². The number of esters is 1.